The van der Waals surface area contributed by atoms with Crippen LogP contribution in [0.5, 0.6) is 0 Å². The molecule has 2 aromatic carbocycles. The number of nitrogens with zero attached hydrogens (tertiary/aromatic N) is 2. The highest BCUT2D eigenvalue weighted by Crippen LogP contribution is 2.27. The van der Waals surface area contributed by atoms with Gasteiger partial charge in [-0.1, -0.05) is 12.1 Å². The molecule has 0 radical (unpaired) electrons. The van der Waals surface area contributed by atoms with Crippen molar-refractivity contribution in [3.63, 3.8) is 0 Å². The number of benzene rings is 2. The highest BCUT2D eigenvalue weighted by atomic mass is 32.2. The molecule has 0 aliphatic carbocycles. The number of carbonyl (C=O) groups is 2. The Balaban J connectivity index is 1.63. The van der Waals surface area contributed by atoms with Crippen molar-refractivity contribution >= 4 is 35.0 Å². The summed E-state index contributed by atoms with van der Waals surface area (Å²) in [6, 6.07) is 17.1. The fourth-order valence-corrected chi connectivity index (χ4v) is 3.34. The van der Waals surface area contributed by atoms with E-state index in [0.29, 0.717) is 18.7 Å². The van der Waals surface area contributed by atoms with Gasteiger partial charge in [0.15, 0.2) is 0 Å². The van der Waals surface area contributed by atoms with Crippen LogP contribution in [-0.2, 0) is 16.0 Å². The van der Waals surface area contributed by atoms with E-state index in [0.717, 1.165) is 16.1 Å². The maximum atomic E-state index is 12.5. The second-order valence-electron chi connectivity index (χ2n) is 6.12. The van der Waals surface area contributed by atoms with Crippen LogP contribution in [0.25, 0.3) is 0 Å². The van der Waals surface area contributed by atoms with E-state index in [1.165, 1.54) is 0 Å². The average molecular weight is 365 g/mol. The highest BCUT2D eigenvalue weighted by Gasteiger charge is 2.35. The predicted octanol–water partition coefficient (Wildman–Crippen LogP) is 3.47. The third-order valence-electron chi connectivity index (χ3n) is 4.38. The van der Waals surface area contributed by atoms with Crippen LogP contribution >= 0.6 is 11.8 Å². The second kappa shape index (κ2) is 8.07. The zero-order valence-corrected chi connectivity index (χ0v) is 15.3. The first-order chi connectivity index (χ1) is 12.6. The third kappa shape index (κ3) is 4.06. The molecular formula is C20H19N3O2S. The van der Waals surface area contributed by atoms with Crippen LogP contribution in [0.3, 0.4) is 0 Å². The average Bonchev–Trinajstić information content (AvgIpc) is 3.05. The van der Waals surface area contributed by atoms with E-state index in [1.807, 2.05) is 42.7 Å². The van der Waals surface area contributed by atoms with E-state index >= 15 is 0 Å². The summed E-state index contributed by atoms with van der Waals surface area (Å²) < 4.78 is 0. The van der Waals surface area contributed by atoms with Gasteiger partial charge in [0.1, 0.15) is 0 Å². The van der Waals surface area contributed by atoms with E-state index in [-0.39, 0.29) is 24.2 Å². The number of hydrogen-bond donors (Lipinski definition) is 1. The van der Waals surface area contributed by atoms with Gasteiger partial charge in [0.2, 0.25) is 11.8 Å². The van der Waals surface area contributed by atoms with Gasteiger partial charge in [-0.15, -0.1) is 11.8 Å². The molecule has 1 aliphatic rings. The first-order valence-electron chi connectivity index (χ1n) is 8.32. The quantitative estimate of drug-likeness (QED) is 0.824. The Labute approximate surface area is 157 Å². The molecule has 3 rings (SSSR count). The highest BCUT2D eigenvalue weighted by molar-refractivity contribution is 7.98. The third-order valence-corrected chi connectivity index (χ3v) is 5.13. The summed E-state index contributed by atoms with van der Waals surface area (Å²) in [5.41, 5.74) is 2.40. The molecule has 0 spiro atoms. The van der Waals surface area contributed by atoms with Crippen LogP contribution in [0.2, 0.25) is 0 Å². The molecule has 6 heteroatoms. The molecule has 0 bridgehead atoms. The SMILES string of the molecule is CSc1ccc(N2CC(C(=O)Nc3ccc(CC#N)cc3)CC2=O)cc1. The Hall–Kier alpha value is -2.78. The van der Waals surface area contributed by atoms with Crippen molar-refractivity contribution in [2.24, 2.45) is 5.92 Å². The minimum atomic E-state index is -0.374. The van der Waals surface area contributed by atoms with Crippen LogP contribution in [-0.4, -0.2) is 24.6 Å². The molecule has 2 aromatic rings. The van der Waals surface area contributed by atoms with Crippen molar-refractivity contribution in [3.05, 3.63) is 54.1 Å². The molecule has 26 heavy (non-hydrogen) atoms. The van der Waals surface area contributed by atoms with Gasteiger partial charge in [0.25, 0.3) is 0 Å². The molecule has 132 valence electrons. The Morgan fingerprint density at radius 3 is 2.54 bits per heavy atom. The summed E-state index contributed by atoms with van der Waals surface area (Å²) in [5.74, 6) is -0.567. The fraction of sp³-hybridized carbons (Fsp3) is 0.250. The van der Waals surface area contributed by atoms with Gasteiger partial charge in [0, 0.05) is 29.2 Å². The second-order valence-corrected chi connectivity index (χ2v) is 7.00. The zero-order valence-electron chi connectivity index (χ0n) is 14.4. The van der Waals surface area contributed by atoms with Crippen molar-refractivity contribution in [1.82, 2.24) is 0 Å². The summed E-state index contributed by atoms with van der Waals surface area (Å²) in [6.45, 7) is 0.385. The first-order valence-corrected chi connectivity index (χ1v) is 9.54. The molecule has 1 aliphatic heterocycles. The van der Waals surface area contributed by atoms with E-state index < -0.39 is 0 Å². The lowest BCUT2D eigenvalue weighted by molar-refractivity contribution is -0.122. The van der Waals surface area contributed by atoms with Gasteiger partial charge in [-0.2, -0.15) is 5.26 Å². The van der Waals surface area contributed by atoms with Gasteiger partial charge >= 0.3 is 0 Å². The summed E-state index contributed by atoms with van der Waals surface area (Å²) in [4.78, 5) is 27.6. The number of nitrogens with one attached hydrogen (secondary N) is 1. The fourth-order valence-electron chi connectivity index (χ4n) is 2.94. The van der Waals surface area contributed by atoms with Crippen LogP contribution in [0, 0.1) is 17.2 Å². The Morgan fingerprint density at radius 1 is 1.23 bits per heavy atom. The molecule has 0 aromatic heterocycles. The molecule has 1 saturated heterocycles. The van der Waals surface area contributed by atoms with Gasteiger partial charge in [-0.05, 0) is 48.2 Å². The van der Waals surface area contributed by atoms with Gasteiger partial charge in [0.05, 0.1) is 18.4 Å². The maximum absolute atomic E-state index is 12.5. The normalized spacial score (nSPS) is 16.4. The minimum absolute atomic E-state index is 0.0357. The van der Waals surface area contributed by atoms with Gasteiger partial charge in [-0.25, -0.2) is 0 Å². The largest absolute Gasteiger partial charge is 0.326 e. The van der Waals surface area contributed by atoms with Gasteiger partial charge < -0.3 is 10.2 Å². The smallest absolute Gasteiger partial charge is 0.229 e. The summed E-state index contributed by atoms with van der Waals surface area (Å²) in [6.07, 6.45) is 2.56. The summed E-state index contributed by atoms with van der Waals surface area (Å²) >= 11 is 1.65. The molecule has 5 nitrogen and oxygen atoms in total. The van der Waals surface area contributed by atoms with Crippen LogP contribution < -0.4 is 10.2 Å². The van der Waals surface area contributed by atoms with Crippen LogP contribution in [0.4, 0.5) is 11.4 Å². The lowest BCUT2D eigenvalue weighted by Crippen LogP contribution is -2.28. The van der Waals surface area contributed by atoms with E-state index in [9.17, 15) is 9.59 Å². The van der Waals surface area contributed by atoms with E-state index in [4.69, 9.17) is 5.26 Å². The zero-order chi connectivity index (χ0) is 18.5. The Morgan fingerprint density at radius 2 is 1.92 bits per heavy atom. The molecule has 1 fully saturated rings. The minimum Gasteiger partial charge on any atom is -0.326 e. The molecule has 1 N–H and O–H groups in total. The maximum Gasteiger partial charge on any atom is 0.229 e. The van der Waals surface area contributed by atoms with Crippen molar-refractivity contribution < 1.29 is 9.59 Å². The van der Waals surface area contributed by atoms with E-state index in [1.54, 1.807) is 28.8 Å². The lowest BCUT2D eigenvalue weighted by atomic mass is 10.1. The molecule has 1 unspecified atom stereocenters. The molecule has 0 saturated carbocycles. The standard InChI is InChI=1S/C20H19N3O2S/c1-26-18-8-6-17(7-9-18)23-13-15(12-19(23)24)20(25)22-16-4-2-14(3-5-16)10-11-21/h2-9,15H,10,12-13H2,1H3,(H,22,25). The number of carbonyl (C=O) groups excluding carboxylic acids is 2. The van der Waals surface area contributed by atoms with Crippen molar-refractivity contribution in [1.29, 1.82) is 5.26 Å². The van der Waals surface area contributed by atoms with Crippen LogP contribution in [0.1, 0.15) is 12.0 Å². The molecule has 2 amide bonds. The van der Waals surface area contributed by atoms with Crippen molar-refractivity contribution in [2.45, 2.75) is 17.7 Å². The molecule has 1 heterocycles. The van der Waals surface area contributed by atoms with Crippen LogP contribution in [0.15, 0.2) is 53.4 Å². The molecule has 1 atom stereocenters. The topological polar surface area (TPSA) is 73.2 Å². The number of anilines is 2. The van der Waals surface area contributed by atoms with E-state index in [2.05, 4.69) is 11.4 Å². The lowest BCUT2D eigenvalue weighted by Gasteiger charge is -2.17. The summed E-state index contributed by atoms with van der Waals surface area (Å²) in [5, 5.41) is 11.6. The van der Waals surface area contributed by atoms with Crippen molar-refractivity contribution in [2.75, 3.05) is 23.0 Å². The number of thioether (sulfide) groups is 1. The number of rotatable bonds is 5. The number of hydrogen-bond acceptors (Lipinski definition) is 4. The summed E-state index contributed by atoms with van der Waals surface area (Å²) in [7, 11) is 0. The molecular weight excluding hydrogens is 346 g/mol. The number of amides is 2. The van der Waals surface area contributed by atoms with Gasteiger partial charge in [-0.3, -0.25) is 9.59 Å². The number of nitriles is 1. The van der Waals surface area contributed by atoms with Crippen molar-refractivity contribution in [3.8, 4) is 6.07 Å². The first kappa shape index (κ1) is 18.0. The predicted molar refractivity (Wildman–Crippen MR) is 103 cm³/mol. The Kier molecular flexibility index (Phi) is 5.59. The monoisotopic (exact) mass is 365 g/mol. The Bertz CT molecular complexity index is 841.